The molecule has 45 heavy (non-hydrogen) atoms. The van der Waals surface area contributed by atoms with Gasteiger partial charge in [-0.2, -0.15) is 5.26 Å². The molecule has 1 fully saturated rings. The topological polar surface area (TPSA) is 27.0 Å². The van der Waals surface area contributed by atoms with Gasteiger partial charge in [-0.3, -0.25) is 0 Å². The van der Waals surface area contributed by atoms with E-state index in [9.17, 15) is 5.26 Å². The molecule has 0 radical (unpaired) electrons. The molecule has 6 aromatic carbocycles. The number of nitrogens with zero attached hydrogens (tertiary/aromatic N) is 2. The minimum Gasteiger partial charge on any atom is -0.310 e. The molecule has 0 aromatic heterocycles. The van der Waals surface area contributed by atoms with Gasteiger partial charge in [0.1, 0.15) is 0 Å². The van der Waals surface area contributed by atoms with Crippen LogP contribution in [0.2, 0.25) is 0 Å². The SMILES string of the molecule is N#Cc1ccc2c(c1)C1(CCC3(CC1)c1ccccc1-c1ccc(N(c4ccccc4)c4ccccc4)cc13)c1ccccc1-2. The maximum Gasteiger partial charge on any atom is 0.0991 e. The molecule has 2 heteroatoms. The Morgan fingerprint density at radius 2 is 0.867 bits per heavy atom. The van der Waals surface area contributed by atoms with Gasteiger partial charge in [-0.1, -0.05) is 97.1 Å². The van der Waals surface area contributed by atoms with Crippen LogP contribution in [0.15, 0.2) is 146 Å². The molecule has 0 atom stereocenters. The Bertz CT molecular complexity index is 2090. The first kappa shape index (κ1) is 26.1. The summed E-state index contributed by atoms with van der Waals surface area (Å²) in [4.78, 5) is 2.38. The molecule has 0 unspecified atom stereocenters. The lowest BCUT2D eigenvalue weighted by Crippen LogP contribution is -2.39. The molecule has 0 aliphatic heterocycles. The molecule has 0 heterocycles. The van der Waals surface area contributed by atoms with Crippen LogP contribution in [0.3, 0.4) is 0 Å². The molecule has 9 rings (SSSR count). The van der Waals surface area contributed by atoms with Crippen LogP contribution in [0.1, 0.15) is 53.5 Å². The number of hydrogen-bond acceptors (Lipinski definition) is 2. The van der Waals surface area contributed by atoms with Crippen molar-refractivity contribution in [2.75, 3.05) is 4.90 Å². The highest BCUT2D eigenvalue weighted by atomic mass is 15.1. The van der Waals surface area contributed by atoms with Gasteiger partial charge in [0.15, 0.2) is 0 Å². The van der Waals surface area contributed by atoms with E-state index in [1.54, 1.807) is 0 Å². The molecule has 214 valence electrons. The summed E-state index contributed by atoms with van der Waals surface area (Å²) in [5.74, 6) is 0. The average molecular weight is 577 g/mol. The average Bonchev–Trinajstić information content (AvgIpc) is 3.53. The number of benzene rings is 6. The van der Waals surface area contributed by atoms with Crippen molar-refractivity contribution in [3.05, 3.63) is 173 Å². The molecule has 0 saturated heterocycles. The lowest BCUT2D eigenvalue weighted by Gasteiger charge is -2.45. The third-order valence-corrected chi connectivity index (χ3v) is 10.9. The van der Waals surface area contributed by atoms with Gasteiger partial charge in [-0.15, -0.1) is 0 Å². The van der Waals surface area contributed by atoms with Crippen molar-refractivity contribution < 1.29 is 0 Å². The van der Waals surface area contributed by atoms with Crippen LogP contribution in [-0.2, 0) is 10.8 Å². The summed E-state index contributed by atoms with van der Waals surface area (Å²) in [5, 5.41) is 9.84. The van der Waals surface area contributed by atoms with Crippen LogP contribution < -0.4 is 4.90 Å². The Hall–Kier alpha value is -5.39. The summed E-state index contributed by atoms with van der Waals surface area (Å²) in [7, 11) is 0. The summed E-state index contributed by atoms with van der Waals surface area (Å²) >= 11 is 0. The largest absolute Gasteiger partial charge is 0.310 e. The van der Waals surface area contributed by atoms with Gasteiger partial charge in [0, 0.05) is 27.9 Å². The number of rotatable bonds is 3. The van der Waals surface area contributed by atoms with Crippen molar-refractivity contribution in [2.45, 2.75) is 36.5 Å². The van der Waals surface area contributed by atoms with Gasteiger partial charge in [0.2, 0.25) is 0 Å². The zero-order valence-electron chi connectivity index (χ0n) is 25.1. The van der Waals surface area contributed by atoms with Crippen molar-refractivity contribution in [1.82, 2.24) is 0 Å². The molecule has 6 aromatic rings. The minimum atomic E-state index is -0.0700. The maximum atomic E-state index is 9.84. The maximum absolute atomic E-state index is 9.84. The summed E-state index contributed by atoms with van der Waals surface area (Å²) in [6.07, 6.45) is 4.21. The molecule has 2 nitrogen and oxygen atoms in total. The van der Waals surface area contributed by atoms with Gasteiger partial charge in [-0.25, -0.2) is 0 Å². The molecular formula is C43H32N2. The van der Waals surface area contributed by atoms with Gasteiger partial charge in [0.05, 0.1) is 11.6 Å². The first-order valence-electron chi connectivity index (χ1n) is 16.0. The Labute approximate surface area is 264 Å². The highest BCUT2D eigenvalue weighted by Crippen LogP contribution is 2.64. The Morgan fingerprint density at radius 1 is 0.422 bits per heavy atom. The van der Waals surface area contributed by atoms with E-state index in [4.69, 9.17) is 0 Å². The predicted octanol–water partition coefficient (Wildman–Crippen LogP) is 10.8. The highest BCUT2D eigenvalue weighted by molar-refractivity contribution is 5.87. The summed E-state index contributed by atoms with van der Waals surface area (Å²) in [6.45, 7) is 0. The third-order valence-electron chi connectivity index (χ3n) is 10.9. The fourth-order valence-electron chi connectivity index (χ4n) is 8.89. The van der Waals surface area contributed by atoms with Crippen LogP contribution in [0.5, 0.6) is 0 Å². The van der Waals surface area contributed by atoms with Crippen molar-refractivity contribution in [3.8, 4) is 28.3 Å². The lowest BCUT2D eigenvalue weighted by molar-refractivity contribution is 0.265. The van der Waals surface area contributed by atoms with Crippen molar-refractivity contribution in [3.63, 3.8) is 0 Å². The fourth-order valence-corrected chi connectivity index (χ4v) is 8.89. The molecule has 3 aliphatic rings. The number of hydrogen-bond donors (Lipinski definition) is 0. The summed E-state index contributed by atoms with van der Waals surface area (Å²) < 4.78 is 0. The zero-order valence-corrected chi connectivity index (χ0v) is 25.1. The van der Waals surface area contributed by atoms with E-state index in [0.717, 1.165) is 42.6 Å². The molecule has 0 bridgehead atoms. The third kappa shape index (κ3) is 3.68. The van der Waals surface area contributed by atoms with Crippen LogP contribution >= 0.6 is 0 Å². The minimum absolute atomic E-state index is 0.0588. The number of nitriles is 1. The van der Waals surface area contributed by atoms with E-state index in [-0.39, 0.29) is 10.8 Å². The van der Waals surface area contributed by atoms with E-state index >= 15 is 0 Å². The van der Waals surface area contributed by atoms with Gasteiger partial charge in [-0.05, 0) is 119 Å². The molecule has 0 amide bonds. The summed E-state index contributed by atoms with van der Waals surface area (Å²) in [5.41, 5.74) is 15.2. The molecule has 3 aliphatic carbocycles. The second-order valence-electron chi connectivity index (χ2n) is 12.9. The van der Waals surface area contributed by atoms with Gasteiger partial charge < -0.3 is 4.90 Å². The molecule has 0 N–H and O–H groups in total. The number of anilines is 3. The van der Waals surface area contributed by atoms with Crippen LogP contribution in [0.4, 0.5) is 17.1 Å². The predicted molar refractivity (Wildman–Crippen MR) is 183 cm³/mol. The molecule has 2 spiro atoms. The highest BCUT2D eigenvalue weighted by Gasteiger charge is 2.53. The van der Waals surface area contributed by atoms with Gasteiger partial charge >= 0.3 is 0 Å². The Morgan fingerprint density at radius 3 is 1.40 bits per heavy atom. The monoisotopic (exact) mass is 576 g/mol. The van der Waals surface area contributed by atoms with E-state index in [2.05, 4.69) is 150 Å². The lowest BCUT2D eigenvalue weighted by atomic mass is 9.57. The number of fused-ring (bicyclic) bond motifs is 10. The van der Waals surface area contributed by atoms with E-state index in [1.807, 2.05) is 6.07 Å². The van der Waals surface area contributed by atoms with E-state index in [0.29, 0.717) is 0 Å². The Balaban J connectivity index is 1.19. The van der Waals surface area contributed by atoms with E-state index in [1.165, 1.54) is 50.2 Å². The second kappa shape index (κ2) is 9.81. The van der Waals surface area contributed by atoms with Crippen molar-refractivity contribution >= 4 is 17.1 Å². The smallest absolute Gasteiger partial charge is 0.0991 e. The standard InChI is InChI=1S/C43H32N2/c44-29-30-19-21-36-34-15-7-9-17-38(34)42(40(36)27-30)23-25-43(26-24-42)39-18-10-8-16-35(39)37-22-20-33(28-41(37)43)45(31-11-3-1-4-12-31)32-13-5-2-6-14-32/h1-22,27-28H,23-26H2. The van der Waals surface area contributed by atoms with Crippen LogP contribution in [-0.4, -0.2) is 0 Å². The number of para-hydroxylation sites is 2. The second-order valence-corrected chi connectivity index (χ2v) is 12.9. The van der Waals surface area contributed by atoms with Crippen LogP contribution in [0, 0.1) is 11.3 Å². The first-order valence-corrected chi connectivity index (χ1v) is 16.0. The zero-order chi connectivity index (χ0) is 30.0. The first-order chi connectivity index (χ1) is 22.2. The van der Waals surface area contributed by atoms with E-state index < -0.39 is 0 Å². The quantitative estimate of drug-likeness (QED) is 0.210. The molecular weight excluding hydrogens is 544 g/mol. The normalized spacial score (nSPS) is 20.2. The van der Waals surface area contributed by atoms with Crippen LogP contribution in [0.25, 0.3) is 22.3 Å². The molecule has 1 saturated carbocycles. The fraction of sp³-hybridized carbons (Fsp3) is 0.140. The summed E-state index contributed by atoms with van der Waals surface area (Å²) in [6, 6.07) is 55.4. The van der Waals surface area contributed by atoms with Crippen molar-refractivity contribution in [1.29, 1.82) is 5.26 Å². The van der Waals surface area contributed by atoms with Gasteiger partial charge in [0.25, 0.3) is 0 Å². The van der Waals surface area contributed by atoms with Crippen molar-refractivity contribution in [2.24, 2.45) is 0 Å². The Kier molecular flexibility index (Phi) is 5.68.